The summed E-state index contributed by atoms with van der Waals surface area (Å²) >= 11 is 0. The zero-order valence-corrected chi connectivity index (χ0v) is 15.3. The number of amides is 2. The molecular formula is C18H23N5O5. The Labute approximate surface area is 161 Å². The molecule has 1 aromatic carbocycles. The first-order chi connectivity index (χ1) is 13.3. The number of aliphatic carboxylic acids is 1. The highest BCUT2D eigenvalue weighted by atomic mass is 16.6. The van der Waals surface area contributed by atoms with Gasteiger partial charge in [-0.2, -0.15) is 0 Å². The molecule has 2 amide bonds. The van der Waals surface area contributed by atoms with Crippen molar-refractivity contribution in [2.45, 2.75) is 12.5 Å². The van der Waals surface area contributed by atoms with Gasteiger partial charge in [0, 0.05) is 44.0 Å². The molecule has 1 aromatic rings. The molecule has 1 atom stereocenters. The lowest BCUT2D eigenvalue weighted by Gasteiger charge is -2.35. The molecule has 2 aliphatic rings. The molecule has 1 unspecified atom stereocenters. The number of hydrogen-bond acceptors (Lipinski definition) is 6. The topological polar surface area (TPSA) is 140 Å². The van der Waals surface area contributed by atoms with Crippen LogP contribution in [0.25, 0.3) is 0 Å². The maximum Gasteiger partial charge on any atom is 0.415 e. The minimum Gasteiger partial charge on any atom is -0.481 e. The lowest BCUT2D eigenvalue weighted by molar-refractivity contribution is -0.141. The minimum absolute atomic E-state index is 0.0638. The predicted molar refractivity (Wildman–Crippen MR) is 100 cm³/mol. The maximum absolute atomic E-state index is 12.7. The van der Waals surface area contributed by atoms with E-state index < -0.39 is 18.2 Å². The fraction of sp³-hybridized carbons (Fsp3) is 0.444. The molecule has 0 aromatic heterocycles. The van der Waals surface area contributed by atoms with Gasteiger partial charge in [-0.05, 0) is 24.3 Å². The smallest absolute Gasteiger partial charge is 0.415 e. The van der Waals surface area contributed by atoms with Crippen molar-refractivity contribution in [3.05, 3.63) is 29.8 Å². The summed E-state index contributed by atoms with van der Waals surface area (Å²) in [4.78, 5) is 40.6. The molecule has 0 bridgehead atoms. The third-order valence-electron chi connectivity index (χ3n) is 4.90. The van der Waals surface area contributed by atoms with Crippen LogP contribution in [0, 0.1) is 5.41 Å². The van der Waals surface area contributed by atoms with Crippen molar-refractivity contribution < 1.29 is 24.2 Å². The van der Waals surface area contributed by atoms with Gasteiger partial charge in [-0.15, -0.1) is 0 Å². The minimum atomic E-state index is -0.870. The van der Waals surface area contributed by atoms with Crippen LogP contribution in [-0.2, 0) is 14.3 Å². The number of hydrogen-bond donors (Lipinski definition) is 3. The number of anilines is 1. The van der Waals surface area contributed by atoms with E-state index in [1.54, 1.807) is 29.2 Å². The first-order valence-electron chi connectivity index (χ1n) is 9.00. The van der Waals surface area contributed by atoms with Crippen LogP contribution in [0.4, 0.5) is 10.5 Å². The van der Waals surface area contributed by atoms with Gasteiger partial charge in [0.05, 0.1) is 13.0 Å². The number of nitrogens with one attached hydrogen (secondary N) is 1. The Morgan fingerprint density at radius 2 is 1.82 bits per heavy atom. The fourth-order valence-electron chi connectivity index (χ4n) is 3.27. The van der Waals surface area contributed by atoms with Crippen molar-refractivity contribution >= 4 is 29.5 Å². The van der Waals surface area contributed by atoms with E-state index >= 15 is 0 Å². The highest BCUT2D eigenvalue weighted by Crippen LogP contribution is 2.23. The zero-order valence-electron chi connectivity index (χ0n) is 15.3. The number of ether oxygens (including phenoxy) is 1. The van der Waals surface area contributed by atoms with E-state index in [4.69, 9.17) is 21.0 Å². The van der Waals surface area contributed by atoms with Gasteiger partial charge in [0.1, 0.15) is 5.84 Å². The number of carboxylic acid groups (broad SMARTS) is 1. The van der Waals surface area contributed by atoms with Crippen LogP contribution in [0.15, 0.2) is 24.3 Å². The van der Waals surface area contributed by atoms with Gasteiger partial charge in [0.15, 0.2) is 6.10 Å². The molecule has 0 radical (unpaired) electrons. The zero-order chi connectivity index (χ0) is 20.3. The molecule has 3 rings (SSSR count). The molecule has 0 spiro atoms. The van der Waals surface area contributed by atoms with Crippen LogP contribution in [-0.4, -0.2) is 84.1 Å². The number of cyclic esters (lactones) is 1. The molecule has 150 valence electrons. The molecule has 2 heterocycles. The standard InChI is InChI=1S/C18H23N5O5/c19-16(20)12-1-3-13(4-2-12)23-11-14(28-18(23)27)17(26)22-9-7-21(8-10-22)6-5-15(24)25/h1-4,14H,5-11H2,(H3,19,20)(H,24,25). The van der Waals surface area contributed by atoms with Gasteiger partial charge in [-0.1, -0.05) is 0 Å². The number of nitrogens with two attached hydrogens (primary N) is 1. The largest absolute Gasteiger partial charge is 0.481 e. The van der Waals surface area contributed by atoms with Crippen molar-refractivity contribution in [2.24, 2.45) is 5.73 Å². The molecular weight excluding hydrogens is 366 g/mol. The van der Waals surface area contributed by atoms with Crippen LogP contribution in [0.2, 0.25) is 0 Å². The van der Waals surface area contributed by atoms with Crippen molar-refractivity contribution in [3.8, 4) is 0 Å². The normalized spacial score (nSPS) is 20.1. The molecule has 10 nitrogen and oxygen atoms in total. The Bertz CT molecular complexity index is 773. The van der Waals surface area contributed by atoms with Gasteiger partial charge >= 0.3 is 12.1 Å². The summed E-state index contributed by atoms with van der Waals surface area (Å²) in [7, 11) is 0. The van der Waals surface area contributed by atoms with E-state index in [1.165, 1.54) is 4.90 Å². The summed E-state index contributed by atoms with van der Waals surface area (Å²) in [5.41, 5.74) is 6.55. The third kappa shape index (κ3) is 4.39. The number of amidine groups is 1. The number of nitrogens with zero attached hydrogens (tertiary/aromatic N) is 3. The first-order valence-corrected chi connectivity index (χ1v) is 9.00. The molecule has 0 aliphatic carbocycles. The van der Waals surface area contributed by atoms with Gasteiger partial charge in [0.2, 0.25) is 0 Å². The van der Waals surface area contributed by atoms with Crippen LogP contribution in [0.1, 0.15) is 12.0 Å². The van der Waals surface area contributed by atoms with Crippen molar-refractivity contribution in [1.29, 1.82) is 5.41 Å². The average Bonchev–Trinajstić information content (AvgIpc) is 3.08. The van der Waals surface area contributed by atoms with E-state index in [2.05, 4.69) is 0 Å². The van der Waals surface area contributed by atoms with Crippen molar-refractivity contribution in [2.75, 3.05) is 44.2 Å². The second kappa shape index (κ2) is 8.26. The SMILES string of the molecule is N=C(N)c1ccc(N2CC(C(=O)N3CCN(CCC(=O)O)CC3)OC2=O)cc1. The summed E-state index contributed by atoms with van der Waals surface area (Å²) in [5, 5.41) is 16.2. The fourth-order valence-corrected chi connectivity index (χ4v) is 3.27. The number of carbonyl (C=O) groups is 3. The predicted octanol–water partition coefficient (Wildman–Crippen LogP) is -0.0852. The lowest BCUT2D eigenvalue weighted by Crippen LogP contribution is -2.52. The van der Waals surface area contributed by atoms with Crippen molar-refractivity contribution in [1.82, 2.24) is 9.80 Å². The molecule has 2 fully saturated rings. The Balaban J connectivity index is 1.55. The van der Waals surface area contributed by atoms with Crippen LogP contribution >= 0.6 is 0 Å². The van der Waals surface area contributed by atoms with Gasteiger partial charge in [-0.25, -0.2) is 4.79 Å². The molecule has 28 heavy (non-hydrogen) atoms. The van der Waals surface area contributed by atoms with Gasteiger partial charge in [0.25, 0.3) is 5.91 Å². The maximum atomic E-state index is 12.7. The van der Waals surface area contributed by atoms with Crippen molar-refractivity contribution in [3.63, 3.8) is 0 Å². The monoisotopic (exact) mass is 389 g/mol. The van der Waals surface area contributed by atoms with E-state index in [1.807, 2.05) is 4.90 Å². The second-order valence-corrected chi connectivity index (χ2v) is 6.75. The summed E-state index contributed by atoms with van der Waals surface area (Å²) < 4.78 is 5.26. The Hall–Kier alpha value is -3.14. The van der Waals surface area contributed by atoms with Gasteiger partial charge in [-0.3, -0.25) is 24.8 Å². The molecule has 10 heteroatoms. The Morgan fingerprint density at radius 1 is 1.18 bits per heavy atom. The number of carboxylic acids is 1. The molecule has 0 saturated carbocycles. The number of carbonyl (C=O) groups excluding carboxylic acids is 2. The summed E-state index contributed by atoms with van der Waals surface area (Å²) in [6.45, 7) is 2.71. The molecule has 2 aliphatic heterocycles. The van der Waals surface area contributed by atoms with Crippen LogP contribution in [0.3, 0.4) is 0 Å². The number of nitrogen functional groups attached to an aromatic ring is 1. The number of piperazine rings is 1. The van der Waals surface area contributed by atoms with E-state index in [0.29, 0.717) is 44.0 Å². The Morgan fingerprint density at radius 3 is 2.39 bits per heavy atom. The van der Waals surface area contributed by atoms with Crippen LogP contribution in [0.5, 0.6) is 0 Å². The average molecular weight is 389 g/mol. The number of benzene rings is 1. The molecule has 2 saturated heterocycles. The summed E-state index contributed by atoms with van der Waals surface area (Å²) in [5.74, 6) is -1.15. The summed E-state index contributed by atoms with van der Waals surface area (Å²) in [6.07, 6.45) is -1.38. The van der Waals surface area contributed by atoms with E-state index in [0.717, 1.165) is 0 Å². The van der Waals surface area contributed by atoms with E-state index in [9.17, 15) is 14.4 Å². The van der Waals surface area contributed by atoms with E-state index in [-0.39, 0.29) is 24.7 Å². The van der Waals surface area contributed by atoms with Crippen LogP contribution < -0.4 is 10.6 Å². The quantitative estimate of drug-likeness (QED) is 0.456. The highest BCUT2D eigenvalue weighted by molar-refractivity contribution is 5.97. The summed E-state index contributed by atoms with van der Waals surface area (Å²) in [6, 6.07) is 6.59. The molecule has 4 N–H and O–H groups in total. The number of rotatable bonds is 6. The Kier molecular flexibility index (Phi) is 5.78. The lowest BCUT2D eigenvalue weighted by atomic mass is 10.2. The first kappa shape index (κ1) is 19.6. The second-order valence-electron chi connectivity index (χ2n) is 6.75. The van der Waals surface area contributed by atoms with Gasteiger partial charge < -0.3 is 20.5 Å². The third-order valence-corrected chi connectivity index (χ3v) is 4.90. The highest BCUT2D eigenvalue weighted by Gasteiger charge is 2.39.